The van der Waals surface area contributed by atoms with E-state index in [1.165, 1.54) is 12.3 Å². The summed E-state index contributed by atoms with van der Waals surface area (Å²) < 4.78 is 7.22. The largest absolute Gasteiger partial charge is 0.506 e. The Bertz CT molecular complexity index is 2070. The number of carbonyl (C=O) groups excluding carboxylic acids is 1. The summed E-state index contributed by atoms with van der Waals surface area (Å²) in [5, 5.41) is 34.7. The number of carbonyl (C=O) groups is 1. The van der Waals surface area contributed by atoms with E-state index in [4.69, 9.17) is 20.5 Å². The Hall–Kier alpha value is -4.80. The van der Waals surface area contributed by atoms with E-state index in [9.17, 15) is 4.79 Å². The van der Waals surface area contributed by atoms with Crippen molar-refractivity contribution >= 4 is 63.2 Å². The molecule has 47 heavy (non-hydrogen) atoms. The smallest absolute Gasteiger partial charge is 0.443 e. The van der Waals surface area contributed by atoms with E-state index < -0.39 is 18.8 Å². The number of nitrogens with one attached hydrogen (secondary N) is 3. The molecular formula is C34H35BIN7O4. The molecule has 0 saturated carbocycles. The Labute approximate surface area is 286 Å². The highest BCUT2D eigenvalue weighted by Gasteiger charge is 2.23. The van der Waals surface area contributed by atoms with Gasteiger partial charge in [-0.3, -0.25) is 14.8 Å². The predicted octanol–water partition coefficient (Wildman–Crippen LogP) is 4.75. The van der Waals surface area contributed by atoms with Gasteiger partial charge < -0.3 is 25.5 Å². The lowest BCUT2D eigenvalue weighted by molar-refractivity contribution is 0.0540. The quantitative estimate of drug-likeness (QED) is 0.0845. The van der Waals surface area contributed by atoms with Crippen LogP contribution in [-0.2, 0) is 4.74 Å². The summed E-state index contributed by atoms with van der Waals surface area (Å²) in [5.74, 6) is 12.0. The van der Waals surface area contributed by atoms with Gasteiger partial charge >= 0.3 is 13.2 Å². The first kappa shape index (κ1) is 35.1. The zero-order valence-corrected chi connectivity index (χ0v) is 28.6. The van der Waals surface area contributed by atoms with Crippen LogP contribution in [-0.4, -0.2) is 65.4 Å². The Kier molecular flexibility index (Phi) is 12.1. The minimum Gasteiger partial charge on any atom is -0.443 e. The van der Waals surface area contributed by atoms with Crippen molar-refractivity contribution in [1.82, 2.24) is 29.9 Å². The van der Waals surface area contributed by atoms with Gasteiger partial charge in [-0.25, -0.2) is 4.79 Å². The van der Waals surface area contributed by atoms with E-state index in [0.717, 1.165) is 59.0 Å². The van der Waals surface area contributed by atoms with Crippen molar-refractivity contribution in [2.45, 2.75) is 39.7 Å². The minimum absolute atomic E-state index is 0.0873. The van der Waals surface area contributed by atoms with E-state index in [1.54, 1.807) is 26.8 Å². The van der Waals surface area contributed by atoms with Gasteiger partial charge in [0.05, 0.1) is 28.9 Å². The lowest BCUT2D eigenvalue weighted by Crippen LogP contribution is -2.40. The molecule has 4 heterocycles. The number of hydrogen-bond donors (Lipinski definition) is 6. The number of nitrogens with two attached hydrogens (primary N) is 1. The number of ether oxygens (including phenoxy) is 1. The third-order valence-electron chi connectivity index (χ3n) is 6.30. The van der Waals surface area contributed by atoms with Crippen molar-refractivity contribution in [3.8, 4) is 35.1 Å². The minimum atomic E-state index is -1.69. The molecule has 7 N–H and O–H groups in total. The van der Waals surface area contributed by atoms with Gasteiger partial charge in [0.15, 0.2) is 0 Å². The molecule has 240 valence electrons. The third-order valence-corrected chi connectivity index (χ3v) is 7.13. The second-order valence-electron chi connectivity index (χ2n) is 11.0. The van der Waals surface area contributed by atoms with Gasteiger partial charge in [0.25, 0.3) is 0 Å². The van der Waals surface area contributed by atoms with Crippen LogP contribution >= 0.6 is 22.6 Å². The number of H-pyrrole nitrogens is 3. The second-order valence-corrected chi connectivity index (χ2v) is 12.1. The molecule has 0 saturated heterocycles. The monoisotopic (exact) mass is 743 g/mol. The van der Waals surface area contributed by atoms with Crippen molar-refractivity contribution in [2.75, 3.05) is 6.54 Å². The molecule has 13 heteroatoms. The molecule has 0 aliphatic heterocycles. The van der Waals surface area contributed by atoms with Gasteiger partial charge in [-0.05, 0) is 104 Å². The Morgan fingerprint density at radius 2 is 1.72 bits per heavy atom. The van der Waals surface area contributed by atoms with E-state index in [-0.39, 0.29) is 5.59 Å². The fourth-order valence-electron chi connectivity index (χ4n) is 4.26. The average Bonchev–Trinajstić information content (AvgIpc) is 3.85. The van der Waals surface area contributed by atoms with Gasteiger partial charge in [-0.15, -0.1) is 0 Å². The number of fused-ring (bicyclic) bond motifs is 2. The first-order valence-electron chi connectivity index (χ1n) is 14.7. The Balaban J connectivity index is 0.000000161. The summed E-state index contributed by atoms with van der Waals surface area (Å²) in [7, 11) is -1.69. The summed E-state index contributed by atoms with van der Waals surface area (Å²) in [6.07, 6.45) is 3.56. The molecule has 2 aromatic carbocycles. The van der Waals surface area contributed by atoms with Crippen LogP contribution in [0.2, 0.25) is 0 Å². The van der Waals surface area contributed by atoms with Gasteiger partial charge in [0.2, 0.25) is 0 Å². The molecule has 6 aromatic rings. The number of rotatable bonds is 2. The highest BCUT2D eigenvalue weighted by Crippen LogP contribution is 2.25. The number of aromatic nitrogens is 6. The van der Waals surface area contributed by atoms with Gasteiger partial charge in [0, 0.05) is 40.7 Å². The van der Waals surface area contributed by atoms with E-state index in [1.807, 2.05) is 55.6 Å². The topological polar surface area (TPSA) is 171 Å². The number of hydrogen-bond acceptors (Lipinski definition) is 7. The first-order valence-corrected chi connectivity index (χ1v) is 15.8. The number of aromatic amines is 3. The van der Waals surface area contributed by atoms with Gasteiger partial charge in [-0.2, -0.15) is 10.2 Å². The van der Waals surface area contributed by atoms with Crippen LogP contribution < -0.4 is 11.3 Å². The van der Waals surface area contributed by atoms with Crippen LogP contribution in [0.1, 0.15) is 45.2 Å². The summed E-state index contributed by atoms with van der Waals surface area (Å²) >= 11 is 2.24. The molecule has 0 atom stereocenters. The van der Waals surface area contributed by atoms with Crippen LogP contribution in [0.25, 0.3) is 33.2 Å². The fraction of sp³-hybridized carbons (Fsp3) is 0.206. The molecule has 0 aliphatic rings. The fourth-order valence-corrected chi connectivity index (χ4v) is 4.84. The number of nitrogens with zero attached hydrogens (tertiary/aromatic N) is 3. The van der Waals surface area contributed by atoms with E-state index in [0.29, 0.717) is 6.54 Å². The summed E-state index contributed by atoms with van der Waals surface area (Å²) in [6, 6.07) is 19.0. The Morgan fingerprint density at radius 3 is 2.38 bits per heavy atom. The lowest BCUT2D eigenvalue weighted by Gasteiger charge is -2.20. The molecule has 6 rings (SSSR count). The predicted molar refractivity (Wildman–Crippen MR) is 194 cm³/mol. The van der Waals surface area contributed by atoms with Crippen LogP contribution in [0.5, 0.6) is 0 Å². The van der Waals surface area contributed by atoms with Crippen molar-refractivity contribution in [2.24, 2.45) is 5.73 Å². The number of halogens is 1. The van der Waals surface area contributed by atoms with E-state index in [2.05, 4.69) is 77.7 Å². The van der Waals surface area contributed by atoms with Crippen molar-refractivity contribution in [3.63, 3.8) is 0 Å². The zero-order valence-electron chi connectivity index (χ0n) is 26.4. The van der Waals surface area contributed by atoms with Crippen LogP contribution in [0.15, 0.2) is 73.1 Å². The van der Waals surface area contributed by atoms with Crippen LogP contribution in [0, 0.1) is 27.4 Å². The number of benzene rings is 2. The third kappa shape index (κ3) is 9.60. The lowest BCUT2D eigenvalue weighted by atomic mass is 9.86. The maximum absolute atomic E-state index is 11.6. The zero-order chi connectivity index (χ0) is 34.0. The van der Waals surface area contributed by atoms with Crippen LogP contribution in [0.4, 0.5) is 4.79 Å². The maximum atomic E-state index is 11.6. The summed E-state index contributed by atoms with van der Waals surface area (Å²) in [6.45, 7) is 7.63. The standard InChI is InChI=1S/C14H12N4.C11H9IN2.C9H14BNO4/c15-7-1-3-10-5-6-11-13(9-10)17-18-14(11)12-4-2-8-16-12;1-2-3-4-8-5-6-9-10(7-8)13-14-11(9)12;1-9(2,3)15-8(12)11-6-4-5-7(11)10(13)14/h2,4-6,8-9,16H,7,15H2,(H,17,18);5-7H,2H2,1H3,(H,13,14);4-6,13-14H,1-3H3. The normalized spacial score (nSPS) is 10.5. The molecule has 0 fully saturated rings. The second kappa shape index (κ2) is 16.2. The molecule has 0 bridgehead atoms. The molecular weight excluding hydrogens is 708 g/mol. The highest BCUT2D eigenvalue weighted by atomic mass is 127. The molecule has 0 amide bonds. The molecule has 0 aliphatic carbocycles. The van der Waals surface area contributed by atoms with Crippen molar-refractivity contribution in [1.29, 1.82) is 0 Å². The molecule has 0 radical (unpaired) electrons. The van der Waals surface area contributed by atoms with Crippen LogP contribution in [0.3, 0.4) is 0 Å². The first-order chi connectivity index (χ1) is 22.5. The SMILES string of the molecule is CC(C)(C)OC(=O)n1cccc1B(O)O.CCC#Cc1ccc2c(I)[nH]nc2c1.NCC#Cc1ccc2c(-c3ccc[nH]3)n[nH]c2c1. The molecule has 0 spiro atoms. The Morgan fingerprint density at radius 1 is 1.00 bits per heavy atom. The van der Waals surface area contributed by atoms with Gasteiger partial charge in [0.1, 0.15) is 15.0 Å². The van der Waals surface area contributed by atoms with Crippen molar-refractivity contribution < 1.29 is 19.6 Å². The molecule has 11 nitrogen and oxygen atoms in total. The summed E-state index contributed by atoms with van der Waals surface area (Å²) in [5.41, 5.74) is 10.7. The maximum Gasteiger partial charge on any atom is 0.506 e. The highest BCUT2D eigenvalue weighted by molar-refractivity contribution is 14.1. The molecule has 0 unspecified atom stereocenters. The van der Waals surface area contributed by atoms with Gasteiger partial charge in [-0.1, -0.05) is 30.6 Å². The van der Waals surface area contributed by atoms with Crippen molar-refractivity contribution in [3.05, 3.63) is 87.9 Å². The summed E-state index contributed by atoms with van der Waals surface area (Å²) in [4.78, 5) is 14.7. The molecule has 4 aromatic heterocycles. The average molecular weight is 743 g/mol. The van der Waals surface area contributed by atoms with E-state index >= 15 is 0 Å².